The number of hydrogen-bond donors (Lipinski definition) is 1. The summed E-state index contributed by atoms with van der Waals surface area (Å²) >= 11 is 1.21. The van der Waals surface area contributed by atoms with Crippen LogP contribution in [0.1, 0.15) is 37.5 Å². The summed E-state index contributed by atoms with van der Waals surface area (Å²) in [6, 6.07) is 7.19. The second-order valence-corrected chi connectivity index (χ2v) is 10.8. The Morgan fingerprint density at radius 2 is 2.03 bits per heavy atom. The first-order chi connectivity index (χ1) is 14.1. The molecule has 0 unspecified atom stereocenters. The molecular weight excluding hydrogens is 410 g/mol. The van der Waals surface area contributed by atoms with Gasteiger partial charge in [-0.1, -0.05) is 6.07 Å². The summed E-state index contributed by atoms with van der Waals surface area (Å²) in [5, 5.41) is 4.82. The van der Waals surface area contributed by atoms with Crippen molar-refractivity contribution in [2.24, 2.45) is 5.92 Å². The van der Waals surface area contributed by atoms with E-state index >= 15 is 0 Å². The lowest BCUT2D eigenvalue weighted by Gasteiger charge is -2.32. The predicted octanol–water partition coefficient (Wildman–Crippen LogP) is 2.70. The van der Waals surface area contributed by atoms with Crippen molar-refractivity contribution in [3.63, 3.8) is 0 Å². The Bertz CT molecular complexity index is 890. The number of carbonyl (C=O) groups excluding carboxylic acids is 1. The Labute approximate surface area is 175 Å². The van der Waals surface area contributed by atoms with Gasteiger partial charge in [-0.2, -0.15) is 4.31 Å². The van der Waals surface area contributed by atoms with E-state index in [1.54, 1.807) is 23.8 Å². The Balaban J connectivity index is 1.39. The fourth-order valence-corrected chi connectivity index (χ4v) is 6.87. The second-order valence-electron chi connectivity index (χ2n) is 7.65. The molecule has 7 nitrogen and oxygen atoms in total. The maximum Gasteiger partial charge on any atom is 0.252 e. The van der Waals surface area contributed by atoms with Gasteiger partial charge in [0.2, 0.25) is 5.91 Å². The second kappa shape index (κ2) is 8.99. The number of sulfonamides is 1. The molecule has 158 valence electrons. The van der Waals surface area contributed by atoms with Crippen LogP contribution in [-0.2, 0) is 14.8 Å². The van der Waals surface area contributed by atoms with Gasteiger partial charge >= 0.3 is 0 Å². The van der Waals surface area contributed by atoms with E-state index in [4.69, 9.17) is 4.42 Å². The monoisotopic (exact) mass is 437 g/mol. The quantitative estimate of drug-likeness (QED) is 0.720. The lowest BCUT2D eigenvalue weighted by Crippen LogP contribution is -2.46. The summed E-state index contributed by atoms with van der Waals surface area (Å²) in [6.45, 7) is 3.17. The van der Waals surface area contributed by atoms with Crippen molar-refractivity contribution in [1.82, 2.24) is 14.5 Å². The molecule has 1 amide bonds. The molecule has 4 heterocycles. The van der Waals surface area contributed by atoms with Crippen molar-refractivity contribution in [2.75, 3.05) is 32.7 Å². The Hall–Kier alpha value is -1.68. The first-order valence-electron chi connectivity index (χ1n) is 10.1. The van der Waals surface area contributed by atoms with Crippen LogP contribution in [0.2, 0.25) is 0 Å². The van der Waals surface area contributed by atoms with E-state index in [0.717, 1.165) is 31.7 Å². The van der Waals surface area contributed by atoms with Crippen LogP contribution in [0.3, 0.4) is 0 Å². The number of rotatable bonds is 7. The Morgan fingerprint density at radius 3 is 2.72 bits per heavy atom. The van der Waals surface area contributed by atoms with Crippen molar-refractivity contribution in [2.45, 2.75) is 35.9 Å². The highest BCUT2D eigenvalue weighted by Gasteiger charge is 2.34. The van der Waals surface area contributed by atoms with Gasteiger partial charge in [0.05, 0.1) is 18.2 Å². The van der Waals surface area contributed by atoms with E-state index in [-0.39, 0.29) is 24.4 Å². The minimum Gasteiger partial charge on any atom is -0.468 e. The normalized spacial score (nSPS) is 22.6. The van der Waals surface area contributed by atoms with Gasteiger partial charge in [0, 0.05) is 19.6 Å². The SMILES string of the molecule is O=C(NC[C@H](c1ccco1)N1CCCC1)[C@@H]1CCCN(S(=O)(=O)c2cccs2)C1. The number of nitrogens with zero attached hydrogens (tertiary/aromatic N) is 2. The molecule has 2 aromatic rings. The fourth-order valence-electron chi connectivity index (χ4n) is 4.20. The third-order valence-corrected chi connectivity index (χ3v) is 9.00. The number of amides is 1. The molecule has 2 fully saturated rings. The van der Waals surface area contributed by atoms with Gasteiger partial charge in [0.25, 0.3) is 10.0 Å². The maximum absolute atomic E-state index is 12.9. The van der Waals surface area contributed by atoms with Gasteiger partial charge in [0.1, 0.15) is 9.97 Å². The highest BCUT2D eigenvalue weighted by atomic mass is 32.2. The van der Waals surface area contributed by atoms with Crippen LogP contribution in [0.15, 0.2) is 44.5 Å². The van der Waals surface area contributed by atoms with Gasteiger partial charge in [0.15, 0.2) is 0 Å². The number of hydrogen-bond acceptors (Lipinski definition) is 6. The van der Waals surface area contributed by atoms with Gasteiger partial charge < -0.3 is 9.73 Å². The molecule has 2 aliphatic heterocycles. The van der Waals surface area contributed by atoms with Gasteiger partial charge in [-0.3, -0.25) is 9.69 Å². The molecule has 0 radical (unpaired) electrons. The van der Waals surface area contributed by atoms with Gasteiger partial charge in [-0.25, -0.2) is 8.42 Å². The number of likely N-dealkylation sites (tertiary alicyclic amines) is 1. The van der Waals surface area contributed by atoms with Crippen LogP contribution in [0.5, 0.6) is 0 Å². The van der Waals surface area contributed by atoms with E-state index in [1.165, 1.54) is 15.6 Å². The van der Waals surface area contributed by atoms with Crippen molar-refractivity contribution in [1.29, 1.82) is 0 Å². The molecular formula is C20H27N3O4S2. The van der Waals surface area contributed by atoms with E-state index < -0.39 is 10.0 Å². The Morgan fingerprint density at radius 1 is 1.21 bits per heavy atom. The third-order valence-electron chi connectivity index (χ3n) is 5.77. The number of piperidine rings is 1. The zero-order valence-electron chi connectivity index (χ0n) is 16.3. The molecule has 0 saturated carbocycles. The Kier molecular flexibility index (Phi) is 6.38. The minimum atomic E-state index is -3.52. The van der Waals surface area contributed by atoms with Crippen molar-refractivity contribution < 1.29 is 17.6 Å². The van der Waals surface area contributed by atoms with Crippen LogP contribution in [0, 0.1) is 5.92 Å². The first kappa shape index (κ1) is 20.6. The average Bonchev–Trinajstić information content (AvgIpc) is 3.51. The summed E-state index contributed by atoms with van der Waals surface area (Å²) in [5.41, 5.74) is 0. The molecule has 0 aromatic carbocycles. The largest absolute Gasteiger partial charge is 0.468 e. The maximum atomic E-state index is 12.9. The summed E-state index contributed by atoms with van der Waals surface area (Å²) in [5.74, 6) is 0.457. The zero-order valence-corrected chi connectivity index (χ0v) is 18.0. The van der Waals surface area contributed by atoms with Crippen molar-refractivity contribution in [3.8, 4) is 0 Å². The number of nitrogens with one attached hydrogen (secondary N) is 1. The van der Waals surface area contributed by atoms with Crippen molar-refractivity contribution >= 4 is 27.3 Å². The molecule has 0 spiro atoms. The molecule has 2 atom stereocenters. The highest BCUT2D eigenvalue weighted by Crippen LogP contribution is 2.28. The molecule has 2 aliphatic rings. The lowest BCUT2D eigenvalue weighted by atomic mass is 9.98. The van der Waals surface area contributed by atoms with Gasteiger partial charge in [-0.15, -0.1) is 11.3 Å². The van der Waals surface area contributed by atoms with E-state index in [0.29, 0.717) is 30.1 Å². The summed E-state index contributed by atoms with van der Waals surface area (Å²) in [7, 11) is -3.52. The summed E-state index contributed by atoms with van der Waals surface area (Å²) < 4.78 is 33.0. The van der Waals surface area contributed by atoms with Crippen LogP contribution >= 0.6 is 11.3 Å². The summed E-state index contributed by atoms with van der Waals surface area (Å²) in [4.78, 5) is 15.2. The summed E-state index contributed by atoms with van der Waals surface area (Å²) in [6.07, 6.45) is 5.37. The predicted molar refractivity (Wildman–Crippen MR) is 111 cm³/mol. The number of carbonyl (C=O) groups is 1. The topological polar surface area (TPSA) is 82.9 Å². The molecule has 9 heteroatoms. The molecule has 2 aromatic heterocycles. The molecule has 0 aliphatic carbocycles. The van der Waals surface area contributed by atoms with E-state index in [9.17, 15) is 13.2 Å². The molecule has 1 N–H and O–H groups in total. The van der Waals surface area contributed by atoms with Crippen LogP contribution in [-0.4, -0.2) is 56.3 Å². The minimum absolute atomic E-state index is 0.0194. The smallest absolute Gasteiger partial charge is 0.252 e. The molecule has 29 heavy (non-hydrogen) atoms. The number of furan rings is 1. The van der Waals surface area contributed by atoms with Crippen LogP contribution < -0.4 is 5.32 Å². The fraction of sp³-hybridized carbons (Fsp3) is 0.550. The van der Waals surface area contributed by atoms with Crippen LogP contribution in [0.25, 0.3) is 0 Å². The standard InChI is InChI=1S/C20H27N3O4S2/c24-20(21-14-17(18-7-4-12-27-18)22-9-1-2-10-22)16-6-3-11-23(15-16)29(25,26)19-8-5-13-28-19/h4-5,7-8,12-13,16-17H,1-3,6,9-11,14-15H2,(H,21,24)/t16-,17-/m1/s1. The van der Waals surface area contributed by atoms with Crippen molar-refractivity contribution in [3.05, 3.63) is 41.7 Å². The zero-order chi connectivity index (χ0) is 20.3. The molecule has 4 rings (SSSR count). The van der Waals surface area contributed by atoms with Crippen LogP contribution in [0.4, 0.5) is 0 Å². The molecule has 0 bridgehead atoms. The van der Waals surface area contributed by atoms with Gasteiger partial charge in [-0.05, 0) is 62.4 Å². The molecule has 2 saturated heterocycles. The number of thiophene rings is 1. The van der Waals surface area contributed by atoms with E-state index in [1.807, 2.05) is 12.1 Å². The first-order valence-corrected chi connectivity index (χ1v) is 12.5. The van der Waals surface area contributed by atoms with E-state index in [2.05, 4.69) is 10.2 Å². The highest BCUT2D eigenvalue weighted by molar-refractivity contribution is 7.91. The lowest BCUT2D eigenvalue weighted by molar-refractivity contribution is -0.126. The third kappa shape index (κ3) is 4.58. The average molecular weight is 438 g/mol.